The van der Waals surface area contributed by atoms with Crippen molar-refractivity contribution in [2.45, 2.75) is 13.8 Å². The molecule has 0 fully saturated rings. The van der Waals surface area contributed by atoms with Crippen molar-refractivity contribution in [3.8, 4) is 11.1 Å². The summed E-state index contributed by atoms with van der Waals surface area (Å²) in [5.74, 6) is 0. The van der Waals surface area contributed by atoms with E-state index in [1.54, 1.807) is 12.1 Å². The van der Waals surface area contributed by atoms with E-state index in [-0.39, 0.29) is 35.8 Å². The molecule has 0 atom stereocenters. The van der Waals surface area contributed by atoms with Crippen molar-refractivity contribution < 1.29 is 6.85 Å². The van der Waals surface area contributed by atoms with Gasteiger partial charge in [-0.05, 0) is 60.4 Å². The predicted octanol–water partition coefficient (Wildman–Crippen LogP) is 5.71. The molecule has 0 saturated carbocycles. The summed E-state index contributed by atoms with van der Waals surface area (Å²) in [7, 11) is 0. The van der Waals surface area contributed by atoms with Crippen LogP contribution in [-0.2, 0) is 0 Å². The summed E-state index contributed by atoms with van der Waals surface area (Å²) >= 11 is 0. The van der Waals surface area contributed by atoms with Gasteiger partial charge >= 0.3 is 0 Å². The van der Waals surface area contributed by atoms with Gasteiger partial charge in [0.15, 0.2) is 0 Å². The Bertz CT molecular complexity index is 931. The van der Waals surface area contributed by atoms with Gasteiger partial charge in [-0.3, -0.25) is 0 Å². The molecule has 3 aromatic carbocycles. The molecule has 0 aliphatic heterocycles. The molecule has 1 heteroatoms. The summed E-state index contributed by atoms with van der Waals surface area (Å²) in [6, 6.07) is 12.0. The molecule has 0 unspecified atom stereocenters. The van der Waals surface area contributed by atoms with Crippen LogP contribution in [0, 0.1) is 13.8 Å². The van der Waals surface area contributed by atoms with Gasteiger partial charge in [-0.2, -0.15) is 0 Å². The topological polar surface area (TPSA) is 12.0 Å². The SMILES string of the molecule is [2H]c1c([2H])c([2H])c(-c2ccc(Nc3cc(C)cc(C)c3)cc2)c([2H])c1[2H]. The summed E-state index contributed by atoms with van der Waals surface area (Å²) < 4.78 is 39.4. The number of hydrogen-bond donors (Lipinski definition) is 1. The van der Waals surface area contributed by atoms with Crippen molar-refractivity contribution in [2.75, 3.05) is 5.32 Å². The Morgan fingerprint density at radius 1 is 0.714 bits per heavy atom. The standard InChI is InChI=1S/C20H19N/c1-15-12-16(2)14-20(13-15)21-19-10-8-18(9-11-19)17-6-4-3-5-7-17/h3-14,21H,1-2H3/i3D,4D,5D,6D,7D. The van der Waals surface area contributed by atoms with Crippen LogP contribution in [0.4, 0.5) is 11.4 Å². The number of nitrogens with one attached hydrogen (secondary N) is 1. The number of benzene rings is 3. The average molecular weight is 278 g/mol. The van der Waals surface area contributed by atoms with Gasteiger partial charge in [0, 0.05) is 11.4 Å². The average Bonchev–Trinajstić information content (AvgIpc) is 2.59. The number of aryl methyl sites for hydroxylation is 2. The van der Waals surface area contributed by atoms with Crippen LogP contribution < -0.4 is 5.32 Å². The third-order valence-corrected chi connectivity index (χ3v) is 3.18. The monoisotopic (exact) mass is 278 g/mol. The Kier molecular flexibility index (Phi) is 2.41. The van der Waals surface area contributed by atoms with E-state index < -0.39 is 0 Å². The maximum Gasteiger partial charge on any atom is 0.0629 e. The summed E-state index contributed by atoms with van der Waals surface area (Å²) in [4.78, 5) is 0. The third-order valence-electron chi connectivity index (χ3n) is 3.18. The molecule has 0 amide bonds. The molecule has 0 saturated heterocycles. The first kappa shape index (κ1) is 8.68. The smallest absolute Gasteiger partial charge is 0.0629 e. The van der Waals surface area contributed by atoms with Gasteiger partial charge in [0.25, 0.3) is 0 Å². The highest BCUT2D eigenvalue weighted by molar-refractivity contribution is 5.68. The van der Waals surface area contributed by atoms with Gasteiger partial charge in [-0.15, -0.1) is 0 Å². The van der Waals surface area contributed by atoms with Crippen molar-refractivity contribution in [1.82, 2.24) is 0 Å². The van der Waals surface area contributed by atoms with E-state index in [1.807, 2.05) is 26.0 Å². The molecule has 0 bridgehead atoms. The lowest BCUT2D eigenvalue weighted by molar-refractivity contribution is 1.37. The van der Waals surface area contributed by atoms with Crippen molar-refractivity contribution >= 4 is 11.4 Å². The fourth-order valence-corrected chi connectivity index (χ4v) is 2.33. The highest BCUT2D eigenvalue weighted by Gasteiger charge is 1.99. The summed E-state index contributed by atoms with van der Waals surface area (Å²) in [6.45, 7) is 4.08. The molecule has 0 heterocycles. The van der Waals surface area contributed by atoms with Gasteiger partial charge in [0.2, 0.25) is 0 Å². The van der Waals surface area contributed by atoms with E-state index in [0.29, 0.717) is 5.56 Å². The zero-order valence-electron chi connectivity index (χ0n) is 17.0. The molecule has 1 N–H and O–H groups in total. The van der Waals surface area contributed by atoms with Gasteiger partial charge in [0.05, 0.1) is 6.85 Å². The second-order valence-electron chi connectivity index (χ2n) is 5.08. The second kappa shape index (κ2) is 5.84. The second-order valence-corrected chi connectivity index (χ2v) is 5.08. The zero-order chi connectivity index (χ0) is 19.0. The van der Waals surface area contributed by atoms with E-state index >= 15 is 0 Å². The summed E-state index contributed by atoms with van der Waals surface area (Å²) in [5, 5.41) is 3.33. The maximum absolute atomic E-state index is 8.06. The Labute approximate surface area is 133 Å². The molecule has 0 aliphatic carbocycles. The molecule has 0 radical (unpaired) electrons. The summed E-state index contributed by atoms with van der Waals surface area (Å²) in [5.41, 5.74) is 5.00. The van der Waals surface area contributed by atoms with Gasteiger partial charge in [0.1, 0.15) is 0 Å². The van der Waals surface area contributed by atoms with E-state index in [1.165, 1.54) is 11.1 Å². The summed E-state index contributed by atoms with van der Waals surface area (Å²) in [6.07, 6.45) is 0. The van der Waals surface area contributed by atoms with Crippen LogP contribution in [0.5, 0.6) is 0 Å². The van der Waals surface area contributed by atoms with Crippen LogP contribution in [0.1, 0.15) is 18.0 Å². The predicted molar refractivity (Wildman–Crippen MR) is 91.1 cm³/mol. The minimum absolute atomic E-state index is 0.189. The molecule has 1 nitrogen and oxygen atoms in total. The molecule has 0 aromatic heterocycles. The number of hydrogen-bond acceptors (Lipinski definition) is 1. The fourth-order valence-electron chi connectivity index (χ4n) is 2.33. The first-order valence-electron chi connectivity index (χ1n) is 9.30. The molecular weight excluding hydrogens is 254 g/mol. The highest BCUT2D eigenvalue weighted by atomic mass is 14.9. The first-order chi connectivity index (χ1) is 12.3. The van der Waals surface area contributed by atoms with E-state index in [2.05, 4.69) is 23.5 Å². The number of rotatable bonds is 3. The maximum atomic E-state index is 8.06. The van der Waals surface area contributed by atoms with Gasteiger partial charge < -0.3 is 5.32 Å². The van der Waals surface area contributed by atoms with Crippen LogP contribution in [-0.4, -0.2) is 0 Å². The molecule has 0 aliphatic rings. The van der Waals surface area contributed by atoms with Crippen LogP contribution in [0.2, 0.25) is 0 Å². The van der Waals surface area contributed by atoms with Crippen molar-refractivity contribution in [2.24, 2.45) is 0 Å². The first-order valence-corrected chi connectivity index (χ1v) is 6.80. The molecule has 3 rings (SSSR count). The largest absolute Gasteiger partial charge is 0.356 e. The van der Waals surface area contributed by atoms with Crippen LogP contribution in [0.15, 0.2) is 72.7 Å². The molecule has 104 valence electrons. The van der Waals surface area contributed by atoms with Crippen LogP contribution in [0.3, 0.4) is 0 Å². The molecule has 3 aromatic rings. The van der Waals surface area contributed by atoms with Crippen LogP contribution >= 0.6 is 0 Å². The Hall–Kier alpha value is -2.54. The Morgan fingerprint density at radius 3 is 1.95 bits per heavy atom. The molecular formula is C20H19N. The van der Waals surface area contributed by atoms with Gasteiger partial charge in [-0.1, -0.05) is 48.4 Å². The lowest BCUT2D eigenvalue weighted by atomic mass is 10.1. The lowest BCUT2D eigenvalue weighted by Gasteiger charge is -2.09. The highest BCUT2D eigenvalue weighted by Crippen LogP contribution is 2.24. The minimum atomic E-state index is -0.378. The van der Waals surface area contributed by atoms with Crippen molar-refractivity contribution in [3.63, 3.8) is 0 Å². The zero-order valence-corrected chi connectivity index (χ0v) is 12.0. The fraction of sp³-hybridized carbons (Fsp3) is 0.100. The number of anilines is 2. The van der Waals surface area contributed by atoms with E-state index in [4.69, 9.17) is 6.85 Å². The normalized spacial score (nSPS) is 13.7. The third kappa shape index (κ3) is 3.32. The molecule has 21 heavy (non-hydrogen) atoms. The lowest BCUT2D eigenvalue weighted by Crippen LogP contribution is -1.91. The Morgan fingerprint density at radius 2 is 1.33 bits per heavy atom. The molecule has 0 spiro atoms. The quantitative estimate of drug-likeness (QED) is 0.646. The van der Waals surface area contributed by atoms with E-state index in [9.17, 15) is 0 Å². The van der Waals surface area contributed by atoms with Crippen molar-refractivity contribution in [3.05, 3.63) is 83.8 Å². The minimum Gasteiger partial charge on any atom is -0.356 e. The van der Waals surface area contributed by atoms with Crippen LogP contribution in [0.25, 0.3) is 11.1 Å². The van der Waals surface area contributed by atoms with E-state index in [0.717, 1.165) is 11.4 Å². The van der Waals surface area contributed by atoms with Gasteiger partial charge in [-0.25, -0.2) is 0 Å². The Balaban J connectivity index is 1.96. The van der Waals surface area contributed by atoms with Crippen molar-refractivity contribution in [1.29, 1.82) is 0 Å².